The summed E-state index contributed by atoms with van der Waals surface area (Å²) in [6.45, 7) is 1.72. The van der Waals surface area contributed by atoms with Gasteiger partial charge in [-0.15, -0.1) is 11.6 Å². The topological polar surface area (TPSA) is 60.8 Å². The molecule has 0 spiro atoms. The van der Waals surface area contributed by atoms with E-state index in [2.05, 4.69) is 0 Å². The Morgan fingerprint density at radius 2 is 2.00 bits per heavy atom. The zero-order valence-electron chi connectivity index (χ0n) is 9.60. The number of aliphatic hydroxyl groups is 1. The van der Waals surface area contributed by atoms with Crippen LogP contribution in [0.1, 0.15) is 39.0 Å². The lowest BCUT2D eigenvalue weighted by Gasteiger charge is -2.38. The quantitative estimate of drug-likeness (QED) is 0.752. The van der Waals surface area contributed by atoms with E-state index < -0.39 is 18.2 Å². The Morgan fingerprint density at radius 1 is 1.44 bits per heavy atom. The highest BCUT2D eigenvalue weighted by molar-refractivity contribution is 6.18. The molecule has 1 amide bonds. The van der Waals surface area contributed by atoms with Gasteiger partial charge in [0.05, 0.1) is 18.0 Å². The first-order valence-corrected chi connectivity index (χ1v) is 6.36. The van der Waals surface area contributed by atoms with E-state index in [9.17, 15) is 15.0 Å². The third-order valence-corrected chi connectivity index (χ3v) is 3.66. The molecule has 2 N–H and O–H groups in total. The molecule has 1 aliphatic rings. The molecular weight excluding hydrogens is 230 g/mol. The van der Waals surface area contributed by atoms with Gasteiger partial charge in [0.1, 0.15) is 0 Å². The van der Waals surface area contributed by atoms with Gasteiger partial charge in [0, 0.05) is 6.04 Å². The molecule has 16 heavy (non-hydrogen) atoms. The van der Waals surface area contributed by atoms with Gasteiger partial charge in [-0.05, 0) is 19.8 Å². The molecule has 2 atom stereocenters. The van der Waals surface area contributed by atoms with Gasteiger partial charge >= 0.3 is 6.09 Å². The standard InChI is InChI=1S/C11H20ClNO3/c1-8(10(14)7-12)13(11(15)16)9-5-3-2-4-6-9/h8-10,14H,2-7H2,1H3,(H,15,16)/t8-,10+/m0/s1. The van der Waals surface area contributed by atoms with Gasteiger partial charge in [-0.2, -0.15) is 0 Å². The van der Waals surface area contributed by atoms with Crippen LogP contribution in [0.2, 0.25) is 0 Å². The van der Waals surface area contributed by atoms with Crippen LogP contribution in [-0.4, -0.2) is 45.3 Å². The number of carboxylic acid groups (broad SMARTS) is 1. The highest BCUT2D eigenvalue weighted by Gasteiger charge is 2.32. The molecule has 1 saturated carbocycles. The molecule has 4 nitrogen and oxygen atoms in total. The van der Waals surface area contributed by atoms with Crippen molar-refractivity contribution in [3.05, 3.63) is 0 Å². The lowest BCUT2D eigenvalue weighted by atomic mass is 9.93. The van der Waals surface area contributed by atoms with E-state index in [0.717, 1.165) is 25.7 Å². The molecule has 0 aromatic carbocycles. The van der Waals surface area contributed by atoms with E-state index in [0.29, 0.717) is 0 Å². The van der Waals surface area contributed by atoms with Crippen LogP contribution in [-0.2, 0) is 0 Å². The van der Waals surface area contributed by atoms with Crippen LogP contribution < -0.4 is 0 Å². The van der Waals surface area contributed by atoms with Crippen molar-refractivity contribution in [2.45, 2.75) is 57.2 Å². The summed E-state index contributed by atoms with van der Waals surface area (Å²) in [5.74, 6) is 0.0671. The minimum Gasteiger partial charge on any atom is -0.465 e. The third kappa shape index (κ3) is 3.25. The Balaban J connectivity index is 2.68. The number of halogens is 1. The lowest BCUT2D eigenvalue weighted by Crippen LogP contribution is -2.51. The normalized spacial score (nSPS) is 21.4. The maximum atomic E-state index is 11.2. The number of amides is 1. The third-order valence-electron chi connectivity index (χ3n) is 3.34. The first kappa shape index (κ1) is 13.6. The summed E-state index contributed by atoms with van der Waals surface area (Å²) in [5, 5.41) is 18.9. The van der Waals surface area contributed by atoms with E-state index in [1.54, 1.807) is 6.92 Å². The number of hydrogen-bond donors (Lipinski definition) is 2. The van der Waals surface area contributed by atoms with Crippen LogP contribution in [0.25, 0.3) is 0 Å². The smallest absolute Gasteiger partial charge is 0.407 e. The average molecular weight is 250 g/mol. The van der Waals surface area contributed by atoms with Crippen molar-refractivity contribution in [1.29, 1.82) is 0 Å². The highest BCUT2D eigenvalue weighted by Crippen LogP contribution is 2.25. The molecule has 0 bridgehead atoms. The summed E-state index contributed by atoms with van der Waals surface area (Å²) < 4.78 is 0. The van der Waals surface area contributed by atoms with Crippen molar-refractivity contribution >= 4 is 17.7 Å². The highest BCUT2D eigenvalue weighted by atomic mass is 35.5. The molecule has 94 valence electrons. The van der Waals surface area contributed by atoms with Crippen LogP contribution in [0.5, 0.6) is 0 Å². The Kier molecular flexibility index (Phi) is 5.35. The molecule has 0 aliphatic heterocycles. The van der Waals surface area contributed by atoms with Crippen LogP contribution in [0.3, 0.4) is 0 Å². The van der Waals surface area contributed by atoms with Gasteiger partial charge in [-0.1, -0.05) is 19.3 Å². The fourth-order valence-corrected chi connectivity index (χ4v) is 2.59. The predicted octanol–water partition coefficient (Wildman–Crippen LogP) is 2.29. The summed E-state index contributed by atoms with van der Waals surface area (Å²) >= 11 is 5.56. The Bertz CT molecular complexity index is 229. The van der Waals surface area contributed by atoms with E-state index in [1.165, 1.54) is 11.3 Å². The number of aliphatic hydroxyl groups excluding tert-OH is 1. The minimum atomic E-state index is -0.955. The number of nitrogens with zero attached hydrogens (tertiary/aromatic N) is 1. The first-order valence-electron chi connectivity index (χ1n) is 5.83. The first-order chi connectivity index (χ1) is 7.57. The second-order valence-electron chi connectivity index (χ2n) is 4.44. The van der Waals surface area contributed by atoms with Gasteiger partial charge in [0.15, 0.2) is 0 Å². The predicted molar refractivity (Wildman–Crippen MR) is 62.9 cm³/mol. The summed E-state index contributed by atoms with van der Waals surface area (Å²) in [7, 11) is 0. The monoisotopic (exact) mass is 249 g/mol. The van der Waals surface area contributed by atoms with E-state index in [4.69, 9.17) is 11.6 Å². The molecule has 5 heteroatoms. The molecule has 0 aromatic heterocycles. The van der Waals surface area contributed by atoms with E-state index in [1.807, 2.05) is 0 Å². The molecule has 1 fully saturated rings. The fourth-order valence-electron chi connectivity index (χ4n) is 2.34. The number of rotatable bonds is 4. The SMILES string of the molecule is C[C@@H]([C@H](O)CCl)N(C(=O)O)C1CCCCC1. The summed E-state index contributed by atoms with van der Waals surface area (Å²) in [6.07, 6.45) is 3.35. The van der Waals surface area contributed by atoms with Crippen molar-refractivity contribution in [2.75, 3.05) is 5.88 Å². The molecule has 1 aliphatic carbocycles. The van der Waals surface area contributed by atoms with Gasteiger partial charge in [0.2, 0.25) is 0 Å². The van der Waals surface area contributed by atoms with Crippen LogP contribution in [0.4, 0.5) is 4.79 Å². The van der Waals surface area contributed by atoms with Crippen molar-refractivity contribution in [2.24, 2.45) is 0 Å². The molecule has 0 radical (unpaired) electrons. The van der Waals surface area contributed by atoms with Crippen molar-refractivity contribution in [1.82, 2.24) is 4.90 Å². The molecule has 0 aromatic rings. The molecule has 0 unspecified atom stereocenters. The second kappa shape index (κ2) is 6.30. The number of alkyl halides is 1. The van der Waals surface area contributed by atoms with Crippen LogP contribution >= 0.6 is 11.6 Å². The van der Waals surface area contributed by atoms with Crippen molar-refractivity contribution in [3.63, 3.8) is 0 Å². The Hall–Kier alpha value is -0.480. The lowest BCUT2D eigenvalue weighted by molar-refractivity contribution is 0.0354. The molecular formula is C11H20ClNO3. The Labute approximate surface area is 101 Å². The van der Waals surface area contributed by atoms with Crippen molar-refractivity contribution in [3.8, 4) is 0 Å². The van der Waals surface area contributed by atoms with Gasteiger partial charge < -0.3 is 15.1 Å². The number of carbonyl (C=O) groups is 1. The molecule has 1 rings (SSSR count). The van der Waals surface area contributed by atoms with Gasteiger partial charge in [-0.3, -0.25) is 0 Å². The summed E-state index contributed by atoms with van der Waals surface area (Å²) in [4.78, 5) is 12.6. The molecule has 0 heterocycles. The van der Waals surface area contributed by atoms with Crippen LogP contribution in [0.15, 0.2) is 0 Å². The summed E-state index contributed by atoms with van der Waals surface area (Å²) in [6, 6.07) is -0.391. The largest absolute Gasteiger partial charge is 0.465 e. The fraction of sp³-hybridized carbons (Fsp3) is 0.909. The zero-order chi connectivity index (χ0) is 12.1. The average Bonchev–Trinajstić information content (AvgIpc) is 2.29. The second-order valence-corrected chi connectivity index (χ2v) is 4.75. The number of hydrogen-bond acceptors (Lipinski definition) is 2. The van der Waals surface area contributed by atoms with Crippen LogP contribution in [0, 0.1) is 0 Å². The maximum absolute atomic E-state index is 11.2. The van der Waals surface area contributed by atoms with Gasteiger partial charge in [-0.25, -0.2) is 4.79 Å². The summed E-state index contributed by atoms with van der Waals surface area (Å²) in [5.41, 5.74) is 0. The van der Waals surface area contributed by atoms with Gasteiger partial charge in [0.25, 0.3) is 0 Å². The minimum absolute atomic E-state index is 0.0408. The Morgan fingerprint density at radius 3 is 2.44 bits per heavy atom. The molecule has 0 saturated heterocycles. The zero-order valence-corrected chi connectivity index (χ0v) is 10.4. The van der Waals surface area contributed by atoms with E-state index >= 15 is 0 Å². The maximum Gasteiger partial charge on any atom is 0.407 e. The van der Waals surface area contributed by atoms with E-state index in [-0.39, 0.29) is 11.9 Å². The van der Waals surface area contributed by atoms with Crippen molar-refractivity contribution < 1.29 is 15.0 Å².